The van der Waals surface area contributed by atoms with E-state index in [0.717, 1.165) is 23.6 Å². The summed E-state index contributed by atoms with van der Waals surface area (Å²) in [5.41, 5.74) is 3.28. The first kappa shape index (κ1) is 13.4. The summed E-state index contributed by atoms with van der Waals surface area (Å²) in [5, 5.41) is 12.4. The zero-order chi connectivity index (χ0) is 13.5. The van der Waals surface area contributed by atoms with Crippen LogP contribution in [0.1, 0.15) is 6.92 Å². The first-order chi connectivity index (χ1) is 9.33. The van der Waals surface area contributed by atoms with Crippen molar-refractivity contribution in [3.63, 3.8) is 0 Å². The van der Waals surface area contributed by atoms with E-state index in [1.54, 1.807) is 0 Å². The molecule has 0 fully saturated rings. The first-order valence-corrected chi connectivity index (χ1v) is 6.61. The van der Waals surface area contributed by atoms with Crippen LogP contribution in [-0.2, 0) is 0 Å². The Morgan fingerprint density at radius 3 is 2.16 bits per heavy atom. The summed E-state index contributed by atoms with van der Waals surface area (Å²) in [7, 11) is 0. The fraction of sp³-hybridized carbons (Fsp3) is 0.250. The lowest BCUT2D eigenvalue weighted by molar-refractivity contribution is 0.302. The van der Waals surface area contributed by atoms with Crippen molar-refractivity contribution in [2.75, 3.05) is 29.9 Å². The predicted octanol–water partition coefficient (Wildman–Crippen LogP) is 3.25. The molecule has 2 rings (SSSR count). The van der Waals surface area contributed by atoms with Gasteiger partial charge in [0.25, 0.3) is 0 Å². The molecule has 2 aromatic carbocycles. The zero-order valence-corrected chi connectivity index (χ0v) is 11.2. The number of hydrogen-bond acceptors (Lipinski definition) is 3. The molecule has 0 bridgehead atoms. The van der Waals surface area contributed by atoms with Gasteiger partial charge >= 0.3 is 0 Å². The topological polar surface area (TPSA) is 35.5 Å². The van der Waals surface area contributed by atoms with Crippen molar-refractivity contribution in [1.82, 2.24) is 0 Å². The average Bonchev–Trinajstić information content (AvgIpc) is 2.47. The van der Waals surface area contributed by atoms with E-state index in [1.165, 1.54) is 0 Å². The van der Waals surface area contributed by atoms with Crippen molar-refractivity contribution in [2.45, 2.75) is 6.92 Å². The Hall–Kier alpha value is -2.00. The lowest BCUT2D eigenvalue weighted by atomic mass is 10.2. The molecule has 19 heavy (non-hydrogen) atoms. The largest absolute Gasteiger partial charge is 0.395 e. The second-order valence-electron chi connectivity index (χ2n) is 4.34. The third-order valence-electron chi connectivity index (χ3n) is 3.05. The second kappa shape index (κ2) is 6.81. The van der Waals surface area contributed by atoms with E-state index in [9.17, 15) is 0 Å². The lowest BCUT2D eigenvalue weighted by Crippen LogP contribution is -2.25. The molecule has 0 aliphatic heterocycles. The second-order valence-corrected chi connectivity index (χ2v) is 4.34. The Kier molecular flexibility index (Phi) is 4.81. The number of nitrogens with zero attached hydrogens (tertiary/aromatic N) is 1. The molecule has 0 atom stereocenters. The highest BCUT2D eigenvalue weighted by atomic mass is 16.3. The van der Waals surface area contributed by atoms with Crippen LogP contribution in [0.3, 0.4) is 0 Å². The van der Waals surface area contributed by atoms with Crippen molar-refractivity contribution in [3.8, 4) is 0 Å². The normalized spacial score (nSPS) is 10.2. The molecule has 0 aliphatic rings. The van der Waals surface area contributed by atoms with Gasteiger partial charge in [-0.1, -0.05) is 18.2 Å². The molecule has 0 heterocycles. The average molecular weight is 256 g/mol. The van der Waals surface area contributed by atoms with Crippen LogP contribution in [0.15, 0.2) is 54.6 Å². The molecule has 0 amide bonds. The van der Waals surface area contributed by atoms with Gasteiger partial charge < -0.3 is 15.3 Å². The maximum absolute atomic E-state index is 9.02. The van der Waals surface area contributed by atoms with E-state index in [-0.39, 0.29) is 6.61 Å². The number of likely N-dealkylation sites (N-methyl/N-ethyl adjacent to an activating group) is 1. The van der Waals surface area contributed by atoms with Crippen LogP contribution in [0.2, 0.25) is 0 Å². The van der Waals surface area contributed by atoms with Gasteiger partial charge in [0, 0.05) is 30.2 Å². The van der Waals surface area contributed by atoms with Crippen LogP contribution < -0.4 is 10.2 Å². The fourth-order valence-electron chi connectivity index (χ4n) is 2.03. The van der Waals surface area contributed by atoms with Gasteiger partial charge in [0.15, 0.2) is 0 Å². The summed E-state index contributed by atoms with van der Waals surface area (Å²) in [6.07, 6.45) is 0. The maximum atomic E-state index is 9.02. The minimum atomic E-state index is 0.178. The number of rotatable bonds is 6. The van der Waals surface area contributed by atoms with E-state index in [0.29, 0.717) is 6.54 Å². The van der Waals surface area contributed by atoms with Crippen LogP contribution in [-0.4, -0.2) is 24.8 Å². The van der Waals surface area contributed by atoms with Crippen molar-refractivity contribution in [2.24, 2.45) is 0 Å². The van der Waals surface area contributed by atoms with E-state index in [1.807, 2.05) is 30.3 Å². The smallest absolute Gasteiger partial charge is 0.0606 e. The van der Waals surface area contributed by atoms with Gasteiger partial charge in [0.1, 0.15) is 0 Å². The molecule has 0 unspecified atom stereocenters. The van der Waals surface area contributed by atoms with Crippen molar-refractivity contribution in [1.29, 1.82) is 0 Å². The third-order valence-corrected chi connectivity index (χ3v) is 3.05. The number of aliphatic hydroxyl groups excluding tert-OH is 1. The molecule has 2 N–H and O–H groups in total. The summed E-state index contributed by atoms with van der Waals surface area (Å²) >= 11 is 0. The molecule has 2 aromatic rings. The standard InChI is InChI=1S/C16H20N2O/c1-2-18(12-13-19)16-10-8-15(9-11-16)17-14-6-4-3-5-7-14/h3-11,17,19H,2,12-13H2,1H3. The predicted molar refractivity (Wildman–Crippen MR) is 81.1 cm³/mol. The molecule has 0 saturated carbocycles. The van der Waals surface area contributed by atoms with Gasteiger partial charge in [0.05, 0.1) is 6.61 Å². The van der Waals surface area contributed by atoms with Gasteiger partial charge in [-0.2, -0.15) is 0 Å². The summed E-state index contributed by atoms with van der Waals surface area (Å²) in [6.45, 7) is 3.83. The van der Waals surface area contributed by atoms with Gasteiger partial charge in [-0.05, 0) is 43.3 Å². The van der Waals surface area contributed by atoms with Crippen molar-refractivity contribution in [3.05, 3.63) is 54.6 Å². The summed E-state index contributed by atoms with van der Waals surface area (Å²) in [5.74, 6) is 0. The Morgan fingerprint density at radius 2 is 1.58 bits per heavy atom. The van der Waals surface area contributed by atoms with E-state index >= 15 is 0 Å². The molecule has 3 heteroatoms. The lowest BCUT2D eigenvalue weighted by Gasteiger charge is -2.22. The maximum Gasteiger partial charge on any atom is 0.0606 e. The van der Waals surface area contributed by atoms with Crippen LogP contribution >= 0.6 is 0 Å². The number of aliphatic hydroxyl groups is 1. The zero-order valence-electron chi connectivity index (χ0n) is 11.2. The number of hydrogen-bond donors (Lipinski definition) is 2. The fourth-order valence-corrected chi connectivity index (χ4v) is 2.03. The summed E-state index contributed by atoms with van der Waals surface area (Å²) in [6, 6.07) is 18.4. The monoisotopic (exact) mass is 256 g/mol. The third kappa shape index (κ3) is 3.73. The number of para-hydroxylation sites is 1. The minimum absolute atomic E-state index is 0.178. The van der Waals surface area contributed by atoms with Crippen molar-refractivity contribution >= 4 is 17.1 Å². The van der Waals surface area contributed by atoms with Gasteiger partial charge in [-0.3, -0.25) is 0 Å². The van der Waals surface area contributed by atoms with Crippen LogP contribution in [0.5, 0.6) is 0 Å². The highest BCUT2D eigenvalue weighted by molar-refractivity contribution is 5.62. The van der Waals surface area contributed by atoms with Gasteiger partial charge in [-0.15, -0.1) is 0 Å². The Bertz CT molecular complexity index is 482. The number of anilines is 3. The van der Waals surface area contributed by atoms with Crippen LogP contribution in [0, 0.1) is 0 Å². The Labute approximate surface area is 114 Å². The SMILES string of the molecule is CCN(CCO)c1ccc(Nc2ccccc2)cc1. The molecule has 0 aromatic heterocycles. The number of nitrogens with one attached hydrogen (secondary N) is 1. The molecule has 0 radical (unpaired) electrons. The first-order valence-electron chi connectivity index (χ1n) is 6.61. The van der Waals surface area contributed by atoms with Gasteiger partial charge in [0.2, 0.25) is 0 Å². The minimum Gasteiger partial charge on any atom is -0.395 e. The molecule has 0 spiro atoms. The van der Waals surface area contributed by atoms with E-state index in [4.69, 9.17) is 5.11 Å². The quantitative estimate of drug-likeness (QED) is 0.832. The molecular formula is C16H20N2O. The molecule has 100 valence electrons. The summed E-state index contributed by atoms with van der Waals surface area (Å²) < 4.78 is 0. The number of benzene rings is 2. The summed E-state index contributed by atoms with van der Waals surface area (Å²) in [4.78, 5) is 2.15. The molecule has 0 aliphatic carbocycles. The van der Waals surface area contributed by atoms with Gasteiger partial charge in [-0.25, -0.2) is 0 Å². The van der Waals surface area contributed by atoms with E-state index in [2.05, 4.69) is 41.4 Å². The van der Waals surface area contributed by atoms with Crippen LogP contribution in [0.4, 0.5) is 17.1 Å². The highest BCUT2D eigenvalue weighted by Gasteiger charge is 2.03. The van der Waals surface area contributed by atoms with E-state index < -0.39 is 0 Å². The molecule has 3 nitrogen and oxygen atoms in total. The molecule has 0 saturated heterocycles. The Balaban J connectivity index is 2.06. The highest BCUT2D eigenvalue weighted by Crippen LogP contribution is 2.20. The van der Waals surface area contributed by atoms with Crippen LogP contribution in [0.25, 0.3) is 0 Å². The van der Waals surface area contributed by atoms with Crippen molar-refractivity contribution < 1.29 is 5.11 Å². The Morgan fingerprint density at radius 1 is 0.947 bits per heavy atom. The molecular weight excluding hydrogens is 236 g/mol.